The molecule has 3 nitrogen and oxygen atoms in total. The van der Waals surface area contributed by atoms with Crippen molar-refractivity contribution in [3.63, 3.8) is 0 Å². The number of ether oxygens (including phenoxy) is 2. The molecular weight excluding hydrogens is 190 g/mol. The summed E-state index contributed by atoms with van der Waals surface area (Å²) < 4.78 is 11.1. The summed E-state index contributed by atoms with van der Waals surface area (Å²) >= 11 is 0. The molecule has 1 saturated carbocycles. The molecule has 2 aliphatic rings. The molecule has 0 bridgehead atoms. The van der Waals surface area contributed by atoms with E-state index in [2.05, 4.69) is 0 Å². The SMILES string of the molecule is CCOCCCC1(N)CCOC1C1CC1. The standard InChI is InChI=1S/C12H23NO2/c1-2-14-8-3-6-12(13)7-9-15-11(12)10-4-5-10/h10-11H,2-9,13H2,1H3. The van der Waals surface area contributed by atoms with E-state index >= 15 is 0 Å². The number of rotatable bonds is 6. The molecule has 2 unspecified atom stereocenters. The van der Waals surface area contributed by atoms with Crippen molar-refractivity contribution in [2.75, 3.05) is 19.8 Å². The molecule has 0 aromatic rings. The van der Waals surface area contributed by atoms with Crippen LogP contribution in [0.5, 0.6) is 0 Å². The van der Waals surface area contributed by atoms with Crippen molar-refractivity contribution in [2.45, 2.75) is 50.7 Å². The minimum atomic E-state index is -0.0573. The van der Waals surface area contributed by atoms with Crippen molar-refractivity contribution in [3.05, 3.63) is 0 Å². The first kappa shape index (κ1) is 11.4. The van der Waals surface area contributed by atoms with E-state index in [1.165, 1.54) is 12.8 Å². The molecule has 0 amide bonds. The molecular formula is C12H23NO2. The van der Waals surface area contributed by atoms with Crippen molar-refractivity contribution in [1.29, 1.82) is 0 Å². The average molecular weight is 213 g/mol. The van der Waals surface area contributed by atoms with Crippen LogP contribution in [0.3, 0.4) is 0 Å². The van der Waals surface area contributed by atoms with E-state index in [9.17, 15) is 0 Å². The zero-order valence-corrected chi connectivity index (χ0v) is 9.71. The van der Waals surface area contributed by atoms with E-state index in [1.54, 1.807) is 0 Å². The van der Waals surface area contributed by atoms with Crippen molar-refractivity contribution in [1.82, 2.24) is 0 Å². The molecule has 1 aliphatic carbocycles. The lowest BCUT2D eigenvalue weighted by atomic mass is 9.85. The first-order valence-electron chi connectivity index (χ1n) is 6.24. The van der Waals surface area contributed by atoms with Gasteiger partial charge in [0.15, 0.2) is 0 Å². The highest BCUT2D eigenvalue weighted by atomic mass is 16.5. The maximum atomic E-state index is 6.45. The van der Waals surface area contributed by atoms with Crippen molar-refractivity contribution >= 4 is 0 Å². The summed E-state index contributed by atoms with van der Waals surface area (Å²) in [7, 11) is 0. The van der Waals surface area contributed by atoms with Gasteiger partial charge in [0.2, 0.25) is 0 Å². The van der Waals surface area contributed by atoms with Gasteiger partial charge in [0.05, 0.1) is 6.10 Å². The molecule has 1 aliphatic heterocycles. The average Bonchev–Trinajstić information content (AvgIpc) is 2.98. The van der Waals surface area contributed by atoms with Crippen molar-refractivity contribution < 1.29 is 9.47 Å². The summed E-state index contributed by atoms with van der Waals surface area (Å²) in [4.78, 5) is 0. The Kier molecular flexibility index (Phi) is 3.65. The molecule has 0 aromatic carbocycles. The molecule has 2 N–H and O–H groups in total. The van der Waals surface area contributed by atoms with E-state index in [0.717, 1.165) is 45.0 Å². The van der Waals surface area contributed by atoms with Gasteiger partial charge < -0.3 is 15.2 Å². The second kappa shape index (κ2) is 4.81. The Morgan fingerprint density at radius 2 is 2.27 bits per heavy atom. The van der Waals surface area contributed by atoms with E-state index in [1.807, 2.05) is 6.92 Å². The molecule has 3 heteroatoms. The third kappa shape index (κ3) is 2.71. The van der Waals surface area contributed by atoms with Gasteiger partial charge in [-0.25, -0.2) is 0 Å². The normalized spacial score (nSPS) is 36.0. The lowest BCUT2D eigenvalue weighted by Gasteiger charge is -2.30. The summed E-state index contributed by atoms with van der Waals surface area (Å²) in [5, 5.41) is 0. The molecule has 0 radical (unpaired) electrons. The number of nitrogens with two attached hydrogens (primary N) is 1. The Balaban J connectivity index is 1.76. The van der Waals surface area contributed by atoms with Gasteiger partial charge in [0.25, 0.3) is 0 Å². The van der Waals surface area contributed by atoms with E-state index in [-0.39, 0.29) is 5.54 Å². The molecule has 2 atom stereocenters. The summed E-state index contributed by atoms with van der Waals surface area (Å²) in [6, 6.07) is 0. The highest BCUT2D eigenvalue weighted by Gasteiger charge is 2.48. The lowest BCUT2D eigenvalue weighted by Crippen LogP contribution is -2.48. The Bertz CT molecular complexity index is 206. The van der Waals surface area contributed by atoms with Gasteiger partial charge in [-0.05, 0) is 44.9 Å². The maximum Gasteiger partial charge on any atom is 0.0783 e. The van der Waals surface area contributed by atoms with Gasteiger partial charge in [-0.3, -0.25) is 0 Å². The third-order valence-electron chi connectivity index (χ3n) is 3.62. The third-order valence-corrected chi connectivity index (χ3v) is 3.62. The van der Waals surface area contributed by atoms with Gasteiger partial charge in [-0.1, -0.05) is 0 Å². The topological polar surface area (TPSA) is 44.5 Å². The van der Waals surface area contributed by atoms with E-state index in [0.29, 0.717) is 6.10 Å². The fourth-order valence-electron chi connectivity index (χ4n) is 2.60. The van der Waals surface area contributed by atoms with Gasteiger partial charge in [0, 0.05) is 25.4 Å². The zero-order chi connectivity index (χ0) is 10.7. The monoisotopic (exact) mass is 213 g/mol. The highest BCUT2D eigenvalue weighted by molar-refractivity contribution is 5.03. The van der Waals surface area contributed by atoms with Gasteiger partial charge >= 0.3 is 0 Å². The van der Waals surface area contributed by atoms with Gasteiger partial charge in [-0.2, -0.15) is 0 Å². The van der Waals surface area contributed by atoms with Crippen LogP contribution in [-0.4, -0.2) is 31.5 Å². The number of hydrogen-bond donors (Lipinski definition) is 1. The Morgan fingerprint density at radius 1 is 1.47 bits per heavy atom. The fourth-order valence-corrected chi connectivity index (χ4v) is 2.60. The minimum Gasteiger partial charge on any atom is -0.382 e. The second-order valence-electron chi connectivity index (χ2n) is 4.91. The lowest BCUT2D eigenvalue weighted by molar-refractivity contribution is 0.0554. The van der Waals surface area contributed by atoms with Crippen LogP contribution >= 0.6 is 0 Å². The largest absolute Gasteiger partial charge is 0.382 e. The van der Waals surface area contributed by atoms with Crippen LogP contribution in [0.25, 0.3) is 0 Å². The van der Waals surface area contributed by atoms with Crippen LogP contribution in [0.15, 0.2) is 0 Å². The summed E-state index contributed by atoms with van der Waals surface area (Å²) in [6.45, 7) is 4.53. The van der Waals surface area contributed by atoms with Crippen LogP contribution in [-0.2, 0) is 9.47 Å². The van der Waals surface area contributed by atoms with Crippen LogP contribution in [0.4, 0.5) is 0 Å². The molecule has 15 heavy (non-hydrogen) atoms. The molecule has 1 heterocycles. The first-order chi connectivity index (χ1) is 7.26. The van der Waals surface area contributed by atoms with Crippen LogP contribution < -0.4 is 5.73 Å². The predicted molar refractivity (Wildman–Crippen MR) is 59.7 cm³/mol. The maximum absolute atomic E-state index is 6.45. The van der Waals surface area contributed by atoms with Crippen LogP contribution in [0.2, 0.25) is 0 Å². The quantitative estimate of drug-likeness (QED) is 0.683. The van der Waals surface area contributed by atoms with E-state index in [4.69, 9.17) is 15.2 Å². The first-order valence-corrected chi connectivity index (χ1v) is 6.24. The predicted octanol–water partition coefficient (Wildman–Crippen LogP) is 1.70. The molecule has 1 saturated heterocycles. The zero-order valence-electron chi connectivity index (χ0n) is 9.71. The Labute approximate surface area is 92.3 Å². The smallest absolute Gasteiger partial charge is 0.0783 e. The molecule has 88 valence electrons. The van der Waals surface area contributed by atoms with Crippen molar-refractivity contribution in [2.24, 2.45) is 11.7 Å². The fraction of sp³-hybridized carbons (Fsp3) is 1.00. The van der Waals surface area contributed by atoms with Gasteiger partial charge in [0.1, 0.15) is 0 Å². The summed E-state index contributed by atoms with van der Waals surface area (Å²) in [6.07, 6.45) is 6.11. The van der Waals surface area contributed by atoms with E-state index < -0.39 is 0 Å². The minimum absolute atomic E-state index is 0.0573. The van der Waals surface area contributed by atoms with Crippen LogP contribution in [0, 0.1) is 5.92 Å². The Hall–Kier alpha value is -0.120. The summed E-state index contributed by atoms with van der Waals surface area (Å²) in [5.41, 5.74) is 6.39. The molecule has 2 fully saturated rings. The molecule has 2 rings (SSSR count). The van der Waals surface area contributed by atoms with Crippen LogP contribution in [0.1, 0.15) is 39.0 Å². The summed E-state index contributed by atoms with van der Waals surface area (Å²) in [5.74, 6) is 0.754. The highest BCUT2D eigenvalue weighted by Crippen LogP contribution is 2.43. The number of hydrogen-bond acceptors (Lipinski definition) is 3. The molecule has 0 spiro atoms. The second-order valence-corrected chi connectivity index (χ2v) is 4.91. The van der Waals surface area contributed by atoms with Crippen molar-refractivity contribution in [3.8, 4) is 0 Å². The van der Waals surface area contributed by atoms with Gasteiger partial charge in [-0.15, -0.1) is 0 Å². The molecule has 0 aromatic heterocycles. The Morgan fingerprint density at radius 3 is 2.93 bits per heavy atom.